The molecule has 2 aliphatic rings. The predicted molar refractivity (Wildman–Crippen MR) is 148 cm³/mol. The minimum absolute atomic E-state index is 0.0589. The van der Waals surface area contributed by atoms with Gasteiger partial charge in [0.25, 0.3) is 5.56 Å². The molecule has 7 rings (SSSR count). The second-order valence-corrected chi connectivity index (χ2v) is 10.7. The van der Waals surface area contributed by atoms with Crippen LogP contribution in [0.4, 0.5) is 17.6 Å². The summed E-state index contributed by atoms with van der Waals surface area (Å²) < 4.78 is 69.4. The molecule has 44 heavy (non-hydrogen) atoms. The lowest BCUT2D eigenvalue weighted by Gasteiger charge is -2.17. The van der Waals surface area contributed by atoms with Crippen molar-refractivity contribution >= 4 is 11.2 Å². The SMILES string of the molecule is COc1cnc2nc(-c3c(OC)ncnc3C3CC3)n(Cc3ccc(-c4nc(C(F)(F)F)cn4C4CC4)c(F)c3)c(=O)c2n1. The third-order valence-electron chi connectivity index (χ3n) is 7.66. The van der Waals surface area contributed by atoms with E-state index in [1.807, 2.05) is 0 Å². The van der Waals surface area contributed by atoms with E-state index in [9.17, 15) is 18.0 Å². The highest BCUT2D eigenvalue weighted by molar-refractivity contribution is 5.75. The Morgan fingerprint density at radius 2 is 1.77 bits per heavy atom. The molecule has 11 nitrogen and oxygen atoms in total. The molecule has 0 radical (unpaired) electrons. The molecule has 0 saturated heterocycles. The summed E-state index contributed by atoms with van der Waals surface area (Å²) in [5.41, 5.74) is -0.328. The Hall–Kier alpha value is -4.95. The molecule has 15 heteroatoms. The molecule has 2 saturated carbocycles. The van der Waals surface area contributed by atoms with E-state index in [-0.39, 0.29) is 58.6 Å². The summed E-state index contributed by atoms with van der Waals surface area (Å²) in [6.45, 7) is -0.166. The van der Waals surface area contributed by atoms with Gasteiger partial charge in [0.05, 0.1) is 38.2 Å². The molecule has 4 heterocycles. The second kappa shape index (κ2) is 10.3. The highest BCUT2D eigenvalue weighted by Crippen LogP contribution is 2.45. The first kappa shape index (κ1) is 27.9. The number of halogens is 4. The van der Waals surface area contributed by atoms with E-state index in [1.165, 1.54) is 54.1 Å². The standard InChI is InChI=1S/C29H24F4N8O3/c1-43-20-10-34-24-23(38-20)28(42)41(26(39-24)21-22(15-4-5-15)35-13-36-27(21)44-2)11-14-3-8-17(18(30)9-14)25-37-19(29(31,32)33)12-40(25)16-6-7-16/h3,8-10,12-13,15-16H,4-7,11H2,1-2H3. The number of fused-ring (bicyclic) bond motifs is 1. The Labute approximate surface area is 246 Å². The average Bonchev–Trinajstić information content (AvgIpc) is 3.96. The van der Waals surface area contributed by atoms with Crippen LogP contribution >= 0.6 is 0 Å². The highest BCUT2D eigenvalue weighted by atomic mass is 19.4. The molecule has 2 aliphatic carbocycles. The maximum atomic E-state index is 15.7. The van der Waals surface area contributed by atoms with Crippen LogP contribution in [0.3, 0.4) is 0 Å². The largest absolute Gasteiger partial charge is 0.480 e. The Kier molecular flexibility index (Phi) is 6.55. The number of hydrogen-bond donors (Lipinski definition) is 0. The van der Waals surface area contributed by atoms with E-state index in [1.54, 1.807) is 0 Å². The molecule has 226 valence electrons. The van der Waals surface area contributed by atoms with Crippen molar-refractivity contribution in [2.24, 2.45) is 0 Å². The topological polar surface area (TPSA) is 123 Å². The van der Waals surface area contributed by atoms with Gasteiger partial charge in [-0.05, 0) is 43.4 Å². The number of hydrogen-bond acceptors (Lipinski definition) is 9. The molecule has 0 N–H and O–H groups in total. The van der Waals surface area contributed by atoms with Gasteiger partial charge in [0.2, 0.25) is 11.8 Å². The maximum Gasteiger partial charge on any atom is 0.434 e. The van der Waals surface area contributed by atoms with Crippen molar-refractivity contribution in [3.8, 4) is 34.5 Å². The summed E-state index contributed by atoms with van der Waals surface area (Å²) in [5, 5.41) is 0. The van der Waals surface area contributed by atoms with Crippen LogP contribution in [0.5, 0.6) is 11.8 Å². The maximum absolute atomic E-state index is 15.7. The van der Waals surface area contributed by atoms with Crippen LogP contribution in [-0.4, -0.2) is 53.3 Å². The Morgan fingerprint density at radius 1 is 0.977 bits per heavy atom. The molecule has 0 amide bonds. The smallest absolute Gasteiger partial charge is 0.434 e. The number of methoxy groups -OCH3 is 2. The first-order valence-corrected chi connectivity index (χ1v) is 13.8. The van der Waals surface area contributed by atoms with Crippen LogP contribution in [0.2, 0.25) is 0 Å². The normalized spacial score (nSPS) is 15.1. The first-order valence-electron chi connectivity index (χ1n) is 13.8. The van der Waals surface area contributed by atoms with Gasteiger partial charge >= 0.3 is 6.18 Å². The quantitative estimate of drug-likeness (QED) is 0.225. The Morgan fingerprint density at radius 3 is 2.43 bits per heavy atom. The monoisotopic (exact) mass is 608 g/mol. The second-order valence-electron chi connectivity index (χ2n) is 10.7. The van der Waals surface area contributed by atoms with Crippen molar-refractivity contribution in [3.05, 3.63) is 70.0 Å². The number of alkyl halides is 3. The number of nitrogens with zero attached hydrogens (tertiary/aromatic N) is 8. The fourth-order valence-corrected chi connectivity index (χ4v) is 5.21. The van der Waals surface area contributed by atoms with Crippen LogP contribution in [0.25, 0.3) is 33.9 Å². The summed E-state index contributed by atoms with van der Waals surface area (Å²) in [6, 6.07) is 3.91. The summed E-state index contributed by atoms with van der Waals surface area (Å²) >= 11 is 0. The molecule has 0 unspecified atom stereocenters. The number of imidazole rings is 1. The molecule has 0 spiro atoms. The number of aromatic nitrogens is 8. The van der Waals surface area contributed by atoms with E-state index in [0.29, 0.717) is 29.7 Å². The Balaban J connectivity index is 1.37. The van der Waals surface area contributed by atoms with Crippen LogP contribution in [0, 0.1) is 5.82 Å². The lowest BCUT2D eigenvalue weighted by Crippen LogP contribution is -2.26. The molecule has 1 aromatic carbocycles. The lowest BCUT2D eigenvalue weighted by atomic mass is 10.1. The van der Waals surface area contributed by atoms with Gasteiger partial charge < -0.3 is 14.0 Å². The van der Waals surface area contributed by atoms with E-state index >= 15 is 4.39 Å². The predicted octanol–water partition coefficient (Wildman–Crippen LogP) is 4.94. The van der Waals surface area contributed by atoms with E-state index in [0.717, 1.165) is 19.0 Å². The van der Waals surface area contributed by atoms with Crippen molar-refractivity contribution in [1.29, 1.82) is 0 Å². The van der Waals surface area contributed by atoms with Gasteiger partial charge in [-0.15, -0.1) is 0 Å². The molecule has 5 aromatic rings. The van der Waals surface area contributed by atoms with Crippen LogP contribution < -0.4 is 15.0 Å². The summed E-state index contributed by atoms with van der Waals surface area (Å²) in [6.07, 6.45) is 2.13. The van der Waals surface area contributed by atoms with Gasteiger partial charge in [-0.25, -0.2) is 34.3 Å². The third-order valence-corrected chi connectivity index (χ3v) is 7.66. The van der Waals surface area contributed by atoms with Crippen molar-refractivity contribution in [1.82, 2.24) is 39.0 Å². The summed E-state index contributed by atoms with van der Waals surface area (Å²) in [5.74, 6) is -0.292. The minimum atomic E-state index is -4.67. The summed E-state index contributed by atoms with van der Waals surface area (Å²) in [4.78, 5) is 39.6. The van der Waals surface area contributed by atoms with Crippen molar-refractivity contribution in [2.45, 2.75) is 50.4 Å². The fraction of sp³-hybridized carbons (Fsp3) is 0.345. The van der Waals surface area contributed by atoms with Gasteiger partial charge in [0, 0.05) is 18.2 Å². The molecule has 2 fully saturated rings. The van der Waals surface area contributed by atoms with Gasteiger partial charge in [-0.1, -0.05) is 6.07 Å². The fourth-order valence-electron chi connectivity index (χ4n) is 5.21. The summed E-state index contributed by atoms with van der Waals surface area (Å²) in [7, 11) is 2.83. The zero-order valence-electron chi connectivity index (χ0n) is 23.5. The lowest BCUT2D eigenvalue weighted by molar-refractivity contribution is -0.140. The molecular weight excluding hydrogens is 584 g/mol. The zero-order chi connectivity index (χ0) is 30.7. The van der Waals surface area contributed by atoms with Crippen LogP contribution in [0.15, 0.2) is 41.7 Å². The average molecular weight is 609 g/mol. The molecular formula is C29H24F4N8O3. The molecule has 0 bridgehead atoms. The molecule has 4 aromatic heterocycles. The van der Waals surface area contributed by atoms with Gasteiger partial charge in [0.1, 0.15) is 23.5 Å². The van der Waals surface area contributed by atoms with E-state index in [4.69, 9.17) is 9.47 Å². The van der Waals surface area contributed by atoms with Gasteiger partial charge in [-0.3, -0.25) is 9.36 Å². The van der Waals surface area contributed by atoms with Crippen molar-refractivity contribution in [2.75, 3.05) is 14.2 Å². The highest BCUT2D eigenvalue weighted by Gasteiger charge is 2.38. The van der Waals surface area contributed by atoms with Crippen LogP contribution in [0.1, 0.15) is 54.6 Å². The van der Waals surface area contributed by atoms with Crippen molar-refractivity contribution in [3.63, 3.8) is 0 Å². The first-order chi connectivity index (χ1) is 21.2. The van der Waals surface area contributed by atoms with Crippen LogP contribution in [-0.2, 0) is 12.7 Å². The number of benzene rings is 1. The minimum Gasteiger partial charge on any atom is -0.480 e. The van der Waals surface area contributed by atoms with E-state index in [2.05, 4.69) is 29.9 Å². The number of ether oxygens (including phenoxy) is 2. The molecule has 0 aliphatic heterocycles. The zero-order valence-corrected chi connectivity index (χ0v) is 23.5. The van der Waals surface area contributed by atoms with Gasteiger partial charge in [-0.2, -0.15) is 13.2 Å². The molecule has 0 atom stereocenters. The van der Waals surface area contributed by atoms with E-state index < -0.39 is 23.2 Å². The third kappa shape index (κ3) is 4.91. The Bertz CT molecular complexity index is 1980. The van der Waals surface area contributed by atoms with Gasteiger partial charge in [0.15, 0.2) is 22.7 Å². The number of rotatable bonds is 8. The van der Waals surface area contributed by atoms with Crippen molar-refractivity contribution < 1.29 is 27.0 Å².